The highest BCUT2D eigenvalue weighted by atomic mass is 16.4. The maximum Gasteiger partial charge on any atom is 0.317 e. The number of carboxylic acid groups (broad SMARTS) is 1. The highest BCUT2D eigenvalue weighted by Crippen LogP contribution is 2.34. The second kappa shape index (κ2) is 7.48. The molecule has 142 valence electrons. The number of hydrogen-bond acceptors (Lipinski definition) is 5. The van der Waals surface area contributed by atoms with Gasteiger partial charge in [-0.25, -0.2) is 0 Å². The summed E-state index contributed by atoms with van der Waals surface area (Å²) in [7, 11) is 0. The van der Waals surface area contributed by atoms with E-state index in [4.69, 9.17) is 5.11 Å². The summed E-state index contributed by atoms with van der Waals surface area (Å²) < 4.78 is 0. The molecule has 2 aromatic heterocycles. The predicted octanol–water partition coefficient (Wildman–Crippen LogP) is 1.53. The molecule has 0 aliphatic heterocycles. The molecule has 0 saturated heterocycles. The van der Waals surface area contributed by atoms with Gasteiger partial charge in [-0.3, -0.25) is 24.6 Å². The maximum atomic E-state index is 12.7. The van der Waals surface area contributed by atoms with E-state index in [0.29, 0.717) is 17.2 Å². The molecule has 4 rings (SSSR count). The zero-order valence-electron chi connectivity index (χ0n) is 15.0. The van der Waals surface area contributed by atoms with Crippen molar-refractivity contribution in [2.75, 3.05) is 13.1 Å². The number of aromatic amines is 1. The molecule has 2 aromatic rings. The minimum atomic E-state index is -0.788. The van der Waals surface area contributed by atoms with Crippen molar-refractivity contribution in [2.45, 2.75) is 37.8 Å². The maximum absolute atomic E-state index is 12.7. The zero-order valence-corrected chi connectivity index (χ0v) is 15.0. The van der Waals surface area contributed by atoms with Gasteiger partial charge in [-0.1, -0.05) is 0 Å². The van der Waals surface area contributed by atoms with Crippen LogP contribution < -0.4 is 5.32 Å². The molecule has 2 fully saturated rings. The second-order valence-electron chi connectivity index (χ2n) is 7.46. The van der Waals surface area contributed by atoms with E-state index in [1.54, 1.807) is 12.4 Å². The van der Waals surface area contributed by atoms with Gasteiger partial charge in [-0.2, -0.15) is 5.10 Å². The minimum absolute atomic E-state index is 0.0678. The molecule has 2 aliphatic rings. The molecule has 8 nitrogen and oxygen atoms in total. The molecular formula is C19H23N5O3. The number of nitrogens with one attached hydrogen (secondary N) is 2. The lowest BCUT2D eigenvalue weighted by Gasteiger charge is -2.42. The number of carbonyl (C=O) groups excluding carboxylic acids is 1. The second-order valence-corrected chi connectivity index (χ2v) is 7.46. The van der Waals surface area contributed by atoms with E-state index in [0.717, 1.165) is 24.9 Å². The van der Waals surface area contributed by atoms with E-state index in [1.165, 1.54) is 19.0 Å². The van der Waals surface area contributed by atoms with Crippen LogP contribution in [0.2, 0.25) is 0 Å². The predicted molar refractivity (Wildman–Crippen MR) is 98.0 cm³/mol. The van der Waals surface area contributed by atoms with Crippen molar-refractivity contribution in [1.82, 2.24) is 25.4 Å². The lowest BCUT2D eigenvalue weighted by Crippen LogP contribution is -2.55. The van der Waals surface area contributed by atoms with Crippen LogP contribution in [0, 0.1) is 5.92 Å². The highest BCUT2D eigenvalue weighted by Gasteiger charge is 2.38. The Morgan fingerprint density at radius 1 is 1.26 bits per heavy atom. The van der Waals surface area contributed by atoms with E-state index < -0.39 is 5.97 Å². The number of carbonyl (C=O) groups is 2. The standard InChI is InChI=1S/C19H23N5O3/c25-17(26)11-24(10-12-1-2-12)15-7-14(8-15)22-19(27)16-9-21-23-18(16)13-3-5-20-6-4-13/h3-6,9,12,14-15H,1-2,7-8,10-11H2,(H,21,23)(H,22,27)(H,25,26). The van der Waals surface area contributed by atoms with Gasteiger partial charge in [0.1, 0.15) is 0 Å². The van der Waals surface area contributed by atoms with Crippen LogP contribution in [0.3, 0.4) is 0 Å². The van der Waals surface area contributed by atoms with Crippen LogP contribution in [-0.4, -0.2) is 62.2 Å². The van der Waals surface area contributed by atoms with Crippen LogP contribution in [0.25, 0.3) is 11.3 Å². The molecule has 2 aliphatic carbocycles. The van der Waals surface area contributed by atoms with E-state index in [-0.39, 0.29) is 24.5 Å². The summed E-state index contributed by atoms with van der Waals surface area (Å²) in [6, 6.07) is 3.95. The summed E-state index contributed by atoms with van der Waals surface area (Å²) >= 11 is 0. The van der Waals surface area contributed by atoms with Crippen molar-refractivity contribution in [2.24, 2.45) is 5.92 Å². The first-order chi connectivity index (χ1) is 13.1. The Hall–Kier alpha value is -2.74. The minimum Gasteiger partial charge on any atom is -0.480 e. The Balaban J connectivity index is 1.34. The van der Waals surface area contributed by atoms with Gasteiger partial charge < -0.3 is 10.4 Å². The first-order valence-corrected chi connectivity index (χ1v) is 9.30. The molecule has 0 radical (unpaired) electrons. The fourth-order valence-electron chi connectivity index (χ4n) is 3.61. The fraction of sp³-hybridized carbons (Fsp3) is 0.474. The lowest BCUT2D eigenvalue weighted by atomic mass is 9.85. The van der Waals surface area contributed by atoms with Crippen LogP contribution in [-0.2, 0) is 4.79 Å². The zero-order chi connectivity index (χ0) is 18.8. The van der Waals surface area contributed by atoms with E-state index in [2.05, 4.69) is 25.4 Å². The van der Waals surface area contributed by atoms with Crippen molar-refractivity contribution in [1.29, 1.82) is 0 Å². The van der Waals surface area contributed by atoms with Gasteiger partial charge in [0.05, 0.1) is 24.0 Å². The van der Waals surface area contributed by atoms with Crippen LogP contribution in [0.1, 0.15) is 36.0 Å². The molecule has 2 heterocycles. The van der Waals surface area contributed by atoms with Gasteiger partial charge in [-0.15, -0.1) is 0 Å². The molecule has 8 heteroatoms. The molecule has 0 unspecified atom stereocenters. The number of hydrogen-bond donors (Lipinski definition) is 3. The highest BCUT2D eigenvalue weighted by molar-refractivity contribution is 5.99. The van der Waals surface area contributed by atoms with Crippen molar-refractivity contribution in [3.63, 3.8) is 0 Å². The van der Waals surface area contributed by atoms with Gasteiger partial charge >= 0.3 is 5.97 Å². The molecule has 1 amide bonds. The normalized spacial score (nSPS) is 21.7. The summed E-state index contributed by atoms with van der Waals surface area (Å²) in [6.45, 7) is 0.932. The molecule has 2 saturated carbocycles. The third-order valence-corrected chi connectivity index (χ3v) is 5.35. The Morgan fingerprint density at radius 2 is 2.00 bits per heavy atom. The van der Waals surface area contributed by atoms with Crippen molar-refractivity contribution < 1.29 is 14.7 Å². The smallest absolute Gasteiger partial charge is 0.317 e. The average molecular weight is 369 g/mol. The van der Waals surface area contributed by atoms with Crippen molar-refractivity contribution in [3.8, 4) is 11.3 Å². The number of pyridine rings is 1. The monoisotopic (exact) mass is 369 g/mol. The van der Waals surface area contributed by atoms with Crippen LogP contribution in [0.15, 0.2) is 30.7 Å². The van der Waals surface area contributed by atoms with E-state index in [1.807, 2.05) is 12.1 Å². The quantitative estimate of drug-likeness (QED) is 0.651. The molecule has 0 atom stereocenters. The summed E-state index contributed by atoms with van der Waals surface area (Å²) in [6.07, 6.45) is 8.84. The summed E-state index contributed by atoms with van der Waals surface area (Å²) in [5.74, 6) is -0.304. The van der Waals surface area contributed by atoms with Gasteiger partial charge in [-0.05, 0) is 43.7 Å². The Morgan fingerprint density at radius 3 is 2.67 bits per heavy atom. The molecule has 0 bridgehead atoms. The average Bonchev–Trinajstić information content (AvgIpc) is 3.29. The molecule has 0 aromatic carbocycles. The third kappa shape index (κ3) is 4.16. The molecule has 3 N–H and O–H groups in total. The number of aromatic nitrogens is 3. The van der Waals surface area contributed by atoms with E-state index in [9.17, 15) is 9.59 Å². The summed E-state index contributed by atoms with van der Waals surface area (Å²) in [4.78, 5) is 29.8. The Labute approximate surface area is 157 Å². The van der Waals surface area contributed by atoms with Crippen LogP contribution >= 0.6 is 0 Å². The Kier molecular flexibility index (Phi) is 4.89. The summed E-state index contributed by atoms with van der Waals surface area (Å²) in [5.41, 5.74) is 2.04. The number of amides is 1. The first-order valence-electron chi connectivity index (χ1n) is 9.30. The topological polar surface area (TPSA) is 111 Å². The Bertz CT molecular complexity index is 812. The molecular weight excluding hydrogens is 346 g/mol. The molecule has 0 spiro atoms. The number of carboxylic acids is 1. The largest absolute Gasteiger partial charge is 0.480 e. The number of rotatable bonds is 8. The van der Waals surface area contributed by atoms with Gasteiger partial charge in [0.2, 0.25) is 0 Å². The first kappa shape index (κ1) is 17.7. The fourth-order valence-corrected chi connectivity index (χ4v) is 3.61. The number of aliphatic carboxylic acids is 1. The third-order valence-electron chi connectivity index (χ3n) is 5.35. The number of nitrogens with zero attached hydrogens (tertiary/aromatic N) is 3. The van der Waals surface area contributed by atoms with Crippen molar-refractivity contribution in [3.05, 3.63) is 36.3 Å². The van der Waals surface area contributed by atoms with Gasteiger partial charge in [0.25, 0.3) is 5.91 Å². The van der Waals surface area contributed by atoms with Crippen LogP contribution in [0.4, 0.5) is 0 Å². The summed E-state index contributed by atoms with van der Waals surface area (Å²) in [5, 5.41) is 19.1. The van der Waals surface area contributed by atoms with Gasteiger partial charge in [0.15, 0.2) is 0 Å². The lowest BCUT2D eigenvalue weighted by molar-refractivity contribution is -0.139. The SMILES string of the molecule is O=C(O)CN(CC1CC1)C1CC(NC(=O)c2cn[nH]c2-c2ccncc2)C1. The van der Waals surface area contributed by atoms with E-state index >= 15 is 0 Å². The van der Waals surface area contributed by atoms with Gasteiger partial charge in [0, 0.05) is 36.6 Å². The van der Waals surface area contributed by atoms with Crippen molar-refractivity contribution >= 4 is 11.9 Å². The van der Waals surface area contributed by atoms with Crippen LogP contribution in [0.5, 0.6) is 0 Å². The molecule has 27 heavy (non-hydrogen) atoms. The number of H-pyrrole nitrogens is 1.